The third-order valence-corrected chi connectivity index (χ3v) is 3.25. The van der Waals surface area contributed by atoms with Gasteiger partial charge >= 0.3 is 0 Å². The normalized spacial score (nSPS) is 11.9. The van der Waals surface area contributed by atoms with Crippen molar-refractivity contribution in [1.29, 1.82) is 0 Å². The van der Waals surface area contributed by atoms with Gasteiger partial charge in [-0.3, -0.25) is 9.59 Å². The van der Waals surface area contributed by atoms with Crippen molar-refractivity contribution in [3.63, 3.8) is 0 Å². The molecular weight excluding hydrogens is 268 g/mol. The first-order valence-corrected chi connectivity index (χ1v) is 6.72. The van der Waals surface area contributed by atoms with Gasteiger partial charge < -0.3 is 15.0 Å². The molecule has 1 amide bonds. The van der Waals surface area contributed by atoms with Gasteiger partial charge in [-0.25, -0.2) is 0 Å². The monoisotopic (exact) mass is 286 g/mol. The summed E-state index contributed by atoms with van der Waals surface area (Å²) in [4.78, 5) is 23.6. The number of aliphatic hydroxyl groups is 1. The standard InChI is InChI=1S/C16H18N2O3/c1-18-8-7-13(10-15(18)20)16(21)17-14(11-19)9-12-5-3-2-4-6-12/h2-8,10,14,19H,9,11H2,1H3,(H,17,21)/t14-/m1/s1. The number of carbonyl (C=O) groups excluding carboxylic acids is 1. The van der Waals surface area contributed by atoms with Crippen LogP contribution in [0.2, 0.25) is 0 Å². The first-order chi connectivity index (χ1) is 10.1. The van der Waals surface area contributed by atoms with Crippen LogP contribution in [0.15, 0.2) is 53.5 Å². The van der Waals surface area contributed by atoms with E-state index >= 15 is 0 Å². The summed E-state index contributed by atoms with van der Waals surface area (Å²) in [6.07, 6.45) is 2.08. The van der Waals surface area contributed by atoms with Crippen LogP contribution in [0.1, 0.15) is 15.9 Å². The molecule has 0 spiro atoms. The SMILES string of the molecule is Cn1ccc(C(=O)N[C@@H](CO)Cc2ccccc2)cc1=O. The fourth-order valence-corrected chi connectivity index (χ4v) is 2.02. The second kappa shape index (κ2) is 6.85. The zero-order valence-electron chi connectivity index (χ0n) is 11.8. The number of pyridine rings is 1. The Bertz CT molecular complexity index is 665. The van der Waals surface area contributed by atoms with Crippen molar-refractivity contribution < 1.29 is 9.90 Å². The topological polar surface area (TPSA) is 71.3 Å². The van der Waals surface area contributed by atoms with Crippen LogP contribution in [0.3, 0.4) is 0 Å². The van der Waals surface area contributed by atoms with Crippen LogP contribution in [0.4, 0.5) is 0 Å². The second-order valence-electron chi connectivity index (χ2n) is 4.91. The van der Waals surface area contributed by atoms with Crippen LogP contribution in [-0.2, 0) is 13.5 Å². The van der Waals surface area contributed by atoms with Gasteiger partial charge in [-0.2, -0.15) is 0 Å². The molecule has 21 heavy (non-hydrogen) atoms. The van der Waals surface area contributed by atoms with Crippen LogP contribution >= 0.6 is 0 Å². The maximum Gasteiger partial charge on any atom is 0.251 e. The molecule has 0 aliphatic carbocycles. The Labute approximate surface area is 122 Å². The predicted octanol–water partition coefficient (Wildman–Crippen LogP) is 0.719. The minimum absolute atomic E-state index is 0.161. The number of amides is 1. The van der Waals surface area contributed by atoms with Crippen molar-refractivity contribution in [1.82, 2.24) is 9.88 Å². The number of hydrogen-bond donors (Lipinski definition) is 2. The van der Waals surface area contributed by atoms with Crippen LogP contribution in [0.5, 0.6) is 0 Å². The number of aryl methyl sites for hydroxylation is 1. The molecule has 0 unspecified atom stereocenters. The van der Waals surface area contributed by atoms with E-state index in [9.17, 15) is 14.7 Å². The van der Waals surface area contributed by atoms with Gasteiger partial charge in [0.1, 0.15) is 0 Å². The predicted molar refractivity (Wildman–Crippen MR) is 80.2 cm³/mol. The Kier molecular flexibility index (Phi) is 4.90. The lowest BCUT2D eigenvalue weighted by Crippen LogP contribution is -2.39. The van der Waals surface area contributed by atoms with Crippen molar-refractivity contribution in [2.45, 2.75) is 12.5 Å². The van der Waals surface area contributed by atoms with Crippen molar-refractivity contribution in [3.8, 4) is 0 Å². The number of aromatic nitrogens is 1. The van der Waals surface area contributed by atoms with E-state index in [4.69, 9.17) is 0 Å². The smallest absolute Gasteiger partial charge is 0.251 e. The highest BCUT2D eigenvalue weighted by atomic mass is 16.3. The van der Waals surface area contributed by atoms with Gasteiger partial charge in [-0.05, 0) is 18.1 Å². The molecule has 0 aliphatic heterocycles. The van der Waals surface area contributed by atoms with Crippen molar-refractivity contribution >= 4 is 5.91 Å². The Balaban J connectivity index is 2.05. The molecule has 5 nitrogen and oxygen atoms in total. The summed E-state index contributed by atoms with van der Waals surface area (Å²) >= 11 is 0. The summed E-state index contributed by atoms with van der Waals surface area (Å²) in [5.74, 6) is -0.359. The molecule has 0 saturated carbocycles. The van der Waals surface area contributed by atoms with E-state index in [0.717, 1.165) is 5.56 Å². The number of carbonyl (C=O) groups is 1. The average Bonchev–Trinajstić information content (AvgIpc) is 2.50. The Hall–Kier alpha value is -2.40. The molecule has 0 fully saturated rings. The minimum atomic E-state index is -0.385. The number of nitrogens with zero attached hydrogens (tertiary/aromatic N) is 1. The van der Waals surface area contributed by atoms with Gasteiger partial charge in [0.05, 0.1) is 12.6 Å². The van der Waals surface area contributed by atoms with Crippen LogP contribution in [0.25, 0.3) is 0 Å². The average molecular weight is 286 g/mol. The van der Waals surface area contributed by atoms with Crippen LogP contribution < -0.4 is 10.9 Å². The number of hydrogen-bond acceptors (Lipinski definition) is 3. The number of nitrogens with one attached hydrogen (secondary N) is 1. The van der Waals surface area contributed by atoms with E-state index in [0.29, 0.717) is 12.0 Å². The fraction of sp³-hybridized carbons (Fsp3) is 0.250. The molecule has 0 aliphatic rings. The quantitative estimate of drug-likeness (QED) is 0.850. The Morgan fingerprint density at radius 1 is 1.29 bits per heavy atom. The number of aliphatic hydroxyl groups excluding tert-OH is 1. The molecule has 0 radical (unpaired) electrons. The maximum absolute atomic E-state index is 12.1. The van der Waals surface area contributed by atoms with Crippen LogP contribution in [-0.4, -0.2) is 28.2 Å². The largest absolute Gasteiger partial charge is 0.394 e. The van der Waals surface area contributed by atoms with E-state index in [1.807, 2.05) is 30.3 Å². The van der Waals surface area contributed by atoms with E-state index in [1.54, 1.807) is 19.3 Å². The van der Waals surface area contributed by atoms with E-state index in [2.05, 4.69) is 5.32 Å². The van der Waals surface area contributed by atoms with E-state index < -0.39 is 0 Å². The summed E-state index contributed by atoms with van der Waals surface area (Å²) in [6, 6.07) is 12.1. The highest BCUT2D eigenvalue weighted by molar-refractivity contribution is 5.94. The van der Waals surface area contributed by atoms with Gasteiger partial charge in [0.2, 0.25) is 0 Å². The first-order valence-electron chi connectivity index (χ1n) is 6.72. The van der Waals surface area contributed by atoms with Crippen molar-refractivity contribution in [2.75, 3.05) is 6.61 Å². The highest BCUT2D eigenvalue weighted by Gasteiger charge is 2.14. The fourth-order valence-electron chi connectivity index (χ4n) is 2.02. The summed E-state index contributed by atoms with van der Waals surface area (Å²) in [6.45, 7) is -0.161. The second-order valence-corrected chi connectivity index (χ2v) is 4.91. The number of benzene rings is 1. The van der Waals surface area contributed by atoms with E-state index in [1.165, 1.54) is 10.6 Å². The Morgan fingerprint density at radius 3 is 2.62 bits per heavy atom. The minimum Gasteiger partial charge on any atom is -0.394 e. The molecule has 1 aromatic carbocycles. The molecule has 2 N–H and O–H groups in total. The van der Waals surface area contributed by atoms with Crippen molar-refractivity contribution in [2.24, 2.45) is 7.05 Å². The zero-order valence-corrected chi connectivity index (χ0v) is 11.8. The molecule has 1 atom stereocenters. The number of rotatable bonds is 5. The highest BCUT2D eigenvalue weighted by Crippen LogP contribution is 2.04. The first kappa shape index (κ1) is 15.0. The molecule has 110 valence electrons. The summed E-state index contributed by atoms with van der Waals surface area (Å²) < 4.78 is 1.39. The third kappa shape index (κ3) is 4.03. The van der Waals surface area contributed by atoms with Crippen LogP contribution in [0, 0.1) is 0 Å². The van der Waals surface area contributed by atoms with Gasteiger partial charge in [-0.15, -0.1) is 0 Å². The molecule has 5 heteroatoms. The summed E-state index contributed by atoms with van der Waals surface area (Å²) in [5.41, 5.74) is 1.08. The summed E-state index contributed by atoms with van der Waals surface area (Å²) in [7, 11) is 1.62. The van der Waals surface area contributed by atoms with Gasteiger partial charge in [0.15, 0.2) is 0 Å². The lowest BCUT2D eigenvalue weighted by Gasteiger charge is -2.16. The molecule has 0 saturated heterocycles. The maximum atomic E-state index is 12.1. The molecule has 1 aromatic heterocycles. The lowest BCUT2D eigenvalue weighted by atomic mass is 10.1. The van der Waals surface area contributed by atoms with E-state index in [-0.39, 0.29) is 24.1 Å². The third-order valence-electron chi connectivity index (χ3n) is 3.25. The molecule has 2 aromatic rings. The van der Waals surface area contributed by atoms with Gasteiger partial charge in [-0.1, -0.05) is 30.3 Å². The van der Waals surface area contributed by atoms with Gasteiger partial charge in [0, 0.05) is 24.9 Å². The van der Waals surface area contributed by atoms with Gasteiger partial charge in [0.25, 0.3) is 11.5 Å². The summed E-state index contributed by atoms with van der Waals surface area (Å²) in [5, 5.41) is 12.1. The van der Waals surface area contributed by atoms with Crippen molar-refractivity contribution in [3.05, 3.63) is 70.1 Å². The molecule has 1 heterocycles. The molecule has 2 rings (SSSR count). The lowest BCUT2D eigenvalue weighted by molar-refractivity contribution is 0.0916. The Morgan fingerprint density at radius 2 is 2.00 bits per heavy atom. The molecule has 0 bridgehead atoms. The zero-order chi connectivity index (χ0) is 15.2. The molecular formula is C16H18N2O3.